The SMILES string of the molecule is CCCCCCCCCCCCCCCCOP(=O)(O)OCCCCCCCCCCCCCCCCCC(=O)O. The first-order valence-corrected chi connectivity index (χ1v) is 19.3. The molecule has 0 aromatic carbocycles. The van der Waals surface area contributed by atoms with Crippen molar-refractivity contribution in [1.29, 1.82) is 0 Å². The molecule has 0 heterocycles. The molecular formula is C34H69O6P. The minimum atomic E-state index is -3.89. The molecule has 0 aliphatic heterocycles. The van der Waals surface area contributed by atoms with Gasteiger partial charge in [0.25, 0.3) is 0 Å². The van der Waals surface area contributed by atoms with Crippen LogP contribution in [0.2, 0.25) is 0 Å². The molecule has 0 fully saturated rings. The van der Waals surface area contributed by atoms with Crippen molar-refractivity contribution in [3.8, 4) is 0 Å². The lowest BCUT2D eigenvalue weighted by Gasteiger charge is -2.12. The van der Waals surface area contributed by atoms with E-state index in [9.17, 15) is 14.3 Å². The van der Waals surface area contributed by atoms with E-state index in [1.54, 1.807) is 0 Å². The van der Waals surface area contributed by atoms with Crippen molar-refractivity contribution >= 4 is 13.8 Å². The molecule has 0 aromatic heterocycles. The minimum absolute atomic E-state index is 0.298. The van der Waals surface area contributed by atoms with Gasteiger partial charge in [0.2, 0.25) is 0 Å². The highest BCUT2D eigenvalue weighted by molar-refractivity contribution is 7.47. The summed E-state index contributed by atoms with van der Waals surface area (Å²) >= 11 is 0. The van der Waals surface area contributed by atoms with E-state index in [-0.39, 0.29) is 0 Å². The maximum absolute atomic E-state index is 12.0. The van der Waals surface area contributed by atoms with Crippen LogP contribution in [0.25, 0.3) is 0 Å². The summed E-state index contributed by atoms with van der Waals surface area (Å²) in [6, 6.07) is 0. The van der Waals surface area contributed by atoms with Crippen molar-refractivity contribution < 1.29 is 28.4 Å². The zero-order chi connectivity index (χ0) is 30.1. The average molecular weight is 605 g/mol. The van der Waals surface area contributed by atoms with Crippen LogP contribution in [-0.4, -0.2) is 29.2 Å². The summed E-state index contributed by atoms with van der Waals surface area (Å²) in [4.78, 5) is 20.3. The summed E-state index contributed by atoms with van der Waals surface area (Å²) in [5.74, 6) is -0.678. The van der Waals surface area contributed by atoms with Crippen molar-refractivity contribution in [2.75, 3.05) is 13.2 Å². The molecule has 0 radical (unpaired) electrons. The first-order valence-electron chi connectivity index (χ1n) is 17.8. The molecular weight excluding hydrogens is 535 g/mol. The van der Waals surface area contributed by atoms with Crippen molar-refractivity contribution in [1.82, 2.24) is 0 Å². The van der Waals surface area contributed by atoms with E-state index in [4.69, 9.17) is 14.2 Å². The summed E-state index contributed by atoms with van der Waals surface area (Å²) in [6.07, 6.45) is 35.9. The lowest BCUT2D eigenvalue weighted by Crippen LogP contribution is -1.99. The molecule has 41 heavy (non-hydrogen) atoms. The Morgan fingerprint density at radius 1 is 0.463 bits per heavy atom. The first kappa shape index (κ1) is 40.6. The Kier molecular flexibility index (Phi) is 32.2. The number of phosphoric ester groups is 1. The second kappa shape index (κ2) is 32.5. The van der Waals surface area contributed by atoms with Gasteiger partial charge >= 0.3 is 13.8 Å². The van der Waals surface area contributed by atoms with Crippen molar-refractivity contribution in [3.63, 3.8) is 0 Å². The Morgan fingerprint density at radius 3 is 0.976 bits per heavy atom. The molecule has 7 heteroatoms. The van der Waals surface area contributed by atoms with Crippen molar-refractivity contribution in [2.24, 2.45) is 0 Å². The Balaban J connectivity index is 3.27. The fourth-order valence-corrected chi connectivity index (χ4v) is 6.16. The van der Waals surface area contributed by atoms with Crippen LogP contribution in [0.4, 0.5) is 0 Å². The number of carboxylic acids is 1. The Hall–Kier alpha value is -0.420. The van der Waals surface area contributed by atoms with Crippen LogP contribution in [0.15, 0.2) is 0 Å². The van der Waals surface area contributed by atoms with Gasteiger partial charge in [-0.3, -0.25) is 13.8 Å². The van der Waals surface area contributed by atoms with Gasteiger partial charge in [-0.2, -0.15) is 0 Å². The van der Waals surface area contributed by atoms with E-state index in [0.29, 0.717) is 19.6 Å². The normalized spacial score (nSPS) is 13.0. The van der Waals surface area contributed by atoms with Crippen LogP contribution in [0.1, 0.15) is 200 Å². The number of carbonyl (C=O) groups is 1. The molecule has 0 spiro atoms. The van der Waals surface area contributed by atoms with Gasteiger partial charge < -0.3 is 10.00 Å². The van der Waals surface area contributed by atoms with Crippen LogP contribution in [0.3, 0.4) is 0 Å². The highest BCUT2D eigenvalue weighted by Crippen LogP contribution is 2.43. The van der Waals surface area contributed by atoms with E-state index in [1.807, 2.05) is 0 Å². The second-order valence-electron chi connectivity index (χ2n) is 12.2. The van der Waals surface area contributed by atoms with E-state index in [2.05, 4.69) is 6.92 Å². The third-order valence-corrected chi connectivity index (χ3v) is 9.06. The quantitative estimate of drug-likeness (QED) is 0.0552. The number of hydrogen-bond donors (Lipinski definition) is 2. The second-order valence-corrected chi connectivity index (χ2v) is 13.6. The smallest absolute Gasteiger partial charge is 0.472 e. The standard InChI is InChI=1S/C34H69O6P/c1-2-3-4-5-6-7-8-9-14-17-20-23-26-29-32-39-41(37,38)40-33-30-27-24-21-18-15-12-10-11-13-16-19-22-25-28-31-34(35)36/h2-33H2,1H3,(H,35,36)(H,37,38). The monoisotopic (exact) mass is 604 g/mol. The molecule has 0 amide bonds. The molecule has 0 aromatic rings. The zero-order valence-electron chi connectivity index (χ0n) is 27.1. The zero-order valence-corrected chi connectivity index (χ0v) is 28.0. The minimum Gasteiger partial charge on any atom is -0.481 e. The molecule has 0 rings (SSSR count). The van der Waals surface area contributed by atoms with Crippen LogP contribution < -0.4 is 0 Å². The average Bonchev–Trinajstić information content (AvgIpc) is 2.94. The molecule has 0 aliphatic carbocycles. The number of unbranched alkanes of at least 4 members (excludes halogenated alkanes) is 27. The highest BCUT2D eigenvalue weighted by Gasteiger charge is 2.19. The Morgan fingerprint density at radius 2 is 0.707 bits per heavy atom. The lowest BCUT2D eigenvalue weighted by atomic mass is 10.0. The molecule has 2 N–H and O–H groups in total. The molecule has 6 nitrogen and oxygen atoms in total. The van der Waals surface area contributed by atoms with Gasteiger partial charge in [-0.15, -0.1) is 0 Å². The summed E-state index contributed by atoms with van der Waals surface area (Å²) < 4.78 is 22.3. The largest absolute Gasteiger partial charge is 0.481 e. The number of hydrogen-bond acceptors (Lipinski definition) is 4. The number of phosphoric acid groups is 1. The van der Waals surface area contributed by atoms with Crippen LogP contribution >= 0.6 is 7.82 Å². The van der Waals surface area contributed by atoms with Gasteiger partial charge in [0.1, 0.15) is 0 Å². The fraction of sp³-hybridized carbons (Fsp3) is 0.971. The van der Waals surface area contributed by atoms with Crippen LogP contribution in [-0.2, 0) is 18.4 Å². The molecule has 0 bridgehead atoms. The lowest BCUT2D eigenvalue weighted by molar-refractivity contribution is -0.137. The van der Waals surface area contributed by atoms with Gasteiger partial charge in [0.05, 0.1) is 13.2 Å². The van der Waals surface area contributed by atoms with E-state index in [0.717, 1.165) is 44.9 Å². The first-order chi connectivity index (χ1) is 20.0. The van der Waals surface area contributed by atoms with E-state index in [1.165, 1.54) is 141 Å². The van der Waals surface area contributed by atoms with E-state index < -0.39 is 13.8 Å². The van der Waals surface area contributed by atoms with Gasteiger partial charge in [0.15, 0.2) is 0 Å². The third kappa shape index (κ3) is 35.7. The predicted molar refractivity (Wildman–Crippen MR) is 174 cm³/mol. The molecule has 246 valence electrons. The number of rotatable bonds is 35. The third-order valence-electron chi connectivity index (χ3n) is 8.04. The Bertz CT molecular complexity index is 586. The van der Waals surface area contributed by atoms with Gasteiger partial charge in [0, 0.05) is 6.42 Å². The fourth-order valence-electron chi connectivity index (χ4n) is 5.37. The molecule has 0 saturated carbocycles. The van der Waals surface area contributed by atoms with Crippen LogP contribution in [0.5, 0.6) is 0 Å². The molecule has 0 saturated heterocycles. The van der Waals surface area contributed by atoms with Crippen LogP contribution in [0, 0.1) is 0 Å². The summed E-state index contributed by atoms with van der Waals surface area (Å²) in [5.41, 5.74) is 0. The van der Waals surface area contributed by atoms with E-state index >= 15 is 0 Å². The molecule has 1 unspecified atom stereocenters. The predicted octanol–water partition coefficient (Wildman–Crippen LogP) is 11.9. The summed E-state index contributed by atoms with van der Waals surface area (Å²) in [5, 5.41) is 8.62. The maximum Gasteiger partial charge on any atom is 0.472 e. The topological polar surface area (TPSA) is 93.1 Å². The molecule has 0 aliphatic rings. The van der Waals surface area contributed by atoms with Crippen molar-refractivity contribution in [2.45, 2.75) is 200 Å². The van der Waals surface area contributed by atoms with Crippen molar-refractivity contribution in [3.05, 3.63) is 0 Å². The summed E-state index contributed by atoms with van der Waals surface area (Å²) in [6.45, 7) is 2.87. The maximum atomic E-state index is 12.0. The van der Waals surface area contributed by atoms with Gasteiger partial charge in [-0.25, -0.2) is 4.57 Å². The highest BCUT2D eigenvalue weighted by atomic mass is 31.2. The number of carboxylic acid groups (broad SMARTS) is 1. The Labute approximate surface area is 254 Å². The van der Waals surface area contributed by atoms with Gasteiger partial charge in [-0.05, 0) is 19.3 Å². The molecule has 1 atom stereocenters. The number of aliphatic carboxylic acids is 1. The summed E-state index contributed by atoms with van der Waals surface area (Å²) in [7, 11) is -3.89. The van der Waals surface area contributed by atoms with Gasteiger partial charge in [-0.1, -0.05) is 174 Å².